The average Bonchev–Trinajstić information content (AvgIpc) is 3.52. The lowest BCUT2D eigenvalue weighted by Crippen LogP contribution is -2.20. The summed E-state index contributed by atoms with van der Waals surface area (Å²) < 4.78 is 24.0. The second-order valence-electron chi connectivity index (χ2n) is 9.92. The van der Waals surface area contributed by atoms with Crippen LogP contribution in [-0.2, 0) is 9.59 Å². The summed E-state index contributed by atoms with van der Waals surface area (Å²) in [6.07, 6.45) is 1.76. The van der Waals surface area contributed by atoms with Gasteiger partial charge in [0.05, 0.1) is 31.6 Å². The number of anilines is 2. The van der Waals surface area contributed by atoms with Crippen molar-refractivity contribution in [2.45, 2.75) is 23.6 Å². The van der Waals surface area contributed by atoms with E-state index in [9.17, 15) is 14.0 Å². The minimum atomic E-state index is -0.490. The van der Waals surface area contributed by atoms with Gasteiger partial charge in [-0.25, -0.2) is 4.39 Å². The molecule has 1 aromatic heterocycles. The van der Waals surface area contributed by atoms with Gasteiger partial charge < -0.3 is 20.1 Å². The van der Waals surface area contributed by atoms with Gasteiger partial charge in [-0.1, -0.05) is 25.6 Å². The van der Waals surface area contributed by atoms with Crippen LogP contribution in [0.25, 0.3) is 10.9 Å². The third-order valence-electron chi connectivity index (χ3n) is 7.06. The van der Waals surface area contributed by atoms with Crippen LogP contribution in [0.4, 0.5) is 15.8 Å². The second-order valence-corrected chi connectivity index (χ2v) is 11.0. The number of halogens is 1. The van der Waals surface area contributed by atoms with E-state index in [0.717, 1.165) is 20.7 Å². The molecule has 1 aliphatic rings. The molecule has 4 aromatic rings. The van der Waals surface area contributed by atoms with Crippen LogP contribution in [0.2, 0.25) is 0 Å². The van der Waals surface area contributed by atoms with E-state index in [-0.39, 0.29) is 17.6 Å². The highest BCUT2D eigenvalue weighted by Crippen LogP contribution is 2.59. The van der Waals surface area contributed by atoms with Crippen LogP contribution in [0.5, 0.6) is 11.5 Å². The van der Waals surface area contributed by atoms with Gasteiger partial charge in [0.25, 0.3) is 0 Å². The van der Waals surface area contributed by atoms with Crippen LogP contribution in [0.15, 0.2) is 82.7 Å². The fourth-order valence-electron chi connectivity index (χ4n) is 4.86. The van der Waals surface area contributed by atoms with Gasteiger partial charge in [-0.3, -0.25) is 14.6 Å². The monoisotopic (exact) mass is 545 g/mol. The van der Waals surface area contributed by atoms with E-state index in [1.165, 1.54) is 24.3 Å². The highest BCUT2D eigenvalue weighted by molar-refractivity contribution is 7.99. The lowest BCUT2D eigenvalue weighted by Gasteiger charge is -2.12. The molecule has 0 saturated heterocycles. The van der Waals surface area contributed by atoms with Crippen LogP contribution in [0.1, 0.15) is 13.8 Å². The Hall–Kier alpha value is -4.11. The number of nitrogens with zero attached hydrogens (tertiary/aromatic N) is 1. The van der Waals surface area contributed by atoms with Gasteiger partial charge in [0.1, 0.15) is 5.82 Å². The summed E-state index contributed by atoms with van der Waals surface area (Å²) >= 11 is 1.58. The summed E-state index contributed by atoms with van der Waals surface area (Å²) in [6.45, 7) is 3.80. The molecule has 1 saturated carbocycles. The summed E-state index contributed by atoms with van der Waals surface area (Å²) in [5.41, 5.74) is 1.45. The molecule has 0 spiro atoms. The average molecular weight is 546 g/mol. The van der Waals surface area contributed by atoms with E-state index in [1.54, 1.807) is 32.2 Å². The van der Waals surface area contributed by atoms with Gasteiger partial charge >= 0.3 is 0 Å². The molecule has 9 heteroatoms. The van der Waals surface area contributed by atoms with E-state index in [0.29, 0.717) is 22.9 Å². The quantitative estimate of drug-likeness (QED) is 0.267. The number of hydrogen-bond donors (Lipinski definition) is 2. The Morgan fingerprint density at radius 3 is 1.95 bits per heavy atom. The first-order valence-corrected chi connectivity index (χ1v) is 13.2. The number of nitrogens with one attached hydrogen (secondary N) is 2. The third-order valence-corrected chi connectivity index (χ3v) is 8.14. The Kier molecular flexibility index (Phi) is 7.18. The number of rotatable bonds is 8. The predicted octanol–water partition coefficient (Wildman–Crippen LogP) is 6.39. The van der Waals surface area contributed by atoms with Crippen molar-refractivity contribution in [2.24, 2.45) is 17.3 Å². The van der Waals surface area contributed by atoms with Gasteiger partial charge in [-0.2, -0.15) is 0 Å². The Balaban J connectivity index is 1.25. The Labute approximate surface area is 230 Å². The molecular weight excluding hydrogens is 517 g/mol. The molecule has 200 valence electrons. The Morgan fingerprint density at radius 1 is 0.846 bits per heavy atom. The fraction of sp³-hybridized carbons (Fsp3) is 0.233. The van der Waals surface area contributed by atoms with Crippen molar-refractivity contribution in [1.82, 2.24) is 4.98 Å². The molecule has 0 unspecified atom stereocenters. The van der Waals surface area contributed by atoms with Crippen molar-refractivity contribution in [3.63, 3.8) is 0 Å². The van der Waals surface area contributed by atoms with Crippen molar-refractivity contribution < 1.29 is 23.5 Å². The van der Waals surface area contributed by atoms with Crippen LogP contribution in [0.3, 0.4) is 0 Å². The highest BCUT2D eigenvalue weighted by Gasteiger charge is 2.65. The number of aromatic nitrogens is 1. The lowest BCUT2D eigenvalue weighted by molar-refractivity contribution is -0.122. The zero-order valence-corrected chi connectivity index (χ0v) is 22.8. The first-order chi connectivity index (χ1) is 18.7. The normalized spacial score (nSPS) is 17.4. The second kappa shape index (κ2) is 10.6. The van der Waals surface area contributed by atoms with Crippen LogP contribution in [0, 0.1) is 23.1 Å². The Morgan fingerprint density at radius 2 is 1.38 bits per heavy atom. The predicted molar refractivity (Wildman–Crippen MR) is 150 cm³/mol. The largest absolute Gasteiger partial charge is 0.493 e. The molecule has 2 atom stereocenters. The molecule has 1 heterocycles. The molecule has 2 amide bonds. The number of benzene rings is 3. The van der Waals surface area contributed by atoms with Crippen LogP contribution in [-0.4, -0.2) is 31.0 Å². The van der Waals surface area contributed by atoms with Gasteiger partial charge in [-0.05, 0) is 66.1 Å². The van der Waals surface area contributed by atoms with E-state index >= 15 is 0 Å². The van der Waals surface area contributed by atoms with Crippen molar-refractivity contribution in [1.29, 1.82) is 0 Å². The zero-order chi connectivity index (χ0) is 27.7. The summed E-state index contributed by atoms with van der Waals surface area (Å²) in [7, 11) is 3.19. The summed E-state index contributed by atoms with van der Waals surface area (Å²) in [5, 5.41) is 6.67. The molecule has 1 aliphatic carbocycles. The number of fused-ring (bicyclic) bond motifs is 1. The van der Waals surface area contributed by atoms with Crippen molar-refractivity contribution >= 4 is 45.9 Å². The number of carbonyl (C=O) groups is 2. The number of carbonyl (C=O) groups excluding carboxylic acids is 2. The first-order valence-electron chi connectivity index (χ1n) is 12.4. The molecule has 3 aromatic carbocycles. The van der Waals surface area contributed by atoms with E-state index in [4.69, 9.17) is 9.47 Å². The van der Waals surface area contributed by atoms with Gasteiger partial charge in [0.2, 0.25) is 11.8 Å². The van der Waals surface area contributed by atoms with E-state index in [2.05, 4.69) is 15.6 Å². The Bertz CT molecular complexity index is 1540. The number of methoxy groups -OCH3 is 2. The van der Waals surface area contributed by atoms with Crippen molar-refractivity contribution in [3.8, 4) is 11.5 Å². The molecule has 0 bridgehead atoms. The highest BCUT2D eigenvalue weighted by atomic mass is 32.2. The number of pyridine rings is 1. The molecule has 5 rings (SSSR count). The SMILES string of the molecule is COc1cc2nccc(Sc3ccc(NC(=O)[C@H]4[C@@H](C(=O)Nc5ccc(F)cc5)C4(C)C)cc3)c2cc1OC. The number of hydrogen-bond acceptors (Lipinski definition) is 6. The zero-order valence-electron chi connectivity index (χ0n) is 21.9. The summed E-state index contributed by atoms with van der Waals surface area (Å²) in [4.78, 5) is 32.3. The van der Waals surface area contributed by atoms with Gasteiger partial charge in [0.15, 0.2) is 11.5 Å². The maximum atomic E-state index is 13.2. The molecule has 0 radical (unpaired) electrons. The lowest BCUT2D eigenvalue weighted by atomic mass is 10.1. The topological polar surface area (TPSA) is 89.5 Å². The maximum Gasteiger partial charge on any atom is 0.228 e. The standard InChI is InChI=1S/C30H28FN3O4S/c1-30(2)26(28(35)33-18-7-5-17(31)6-8-18)27(30)29(36)34-19-9-11-20(12-10-19)39-25-13-14-32-22-16-24(38-4)23(37-3)15-21(22)25/h5-16,26-27H,1-4H3,(H,33,35)(H,34,36)/t26-,27+/m0/s1. The third kappa shape index (κ3) is 5.40. The first kappa shape index (κ1) is 26.5. The molecular formula is C30H28FN3O4S. The summed E-state index contributed by atoms with van der Waals surface area (Å²) in [6, 6.07) is 18.8. The maximum absolute atomic E-state index is 13.2. The minimum Gasteiger partial charge on any atom is -0.493 e. The van der Waals surface area contributed by atoms with Crippen LogP contribution >= 0.6 is 11.8 Å². The smallest absolute Gasteiger partial charge is 0.228 e. The van der Waals surface area contributed by atoms with E-state index < -0.39 is 17.3 Å². The summed E-state index contributed by atoms with van der Waals surface area (Å²) in [5.74, 6) is -0.538. The molecule has 39 heavy (non-hydrogen) atoms. The fourth-order valence-corrected chi connectivity index (χ4v) is 5.79. The van der Waals surface area contributed by atoms with E-state index in [1.807, 2.05) is 56.3 Å². The molecule has 1 fully saturated rings. The molecule has 2 N–H and O–H groups in total. The van der Waals surface area contributed by atoms with Crippen molar-refractivity contribution in [2.75, 3.05) is 24.9 Å². The minimum absolute atomic E-state index is 0.208. The van der Waals surface area contributed by atoms with Crippen molar-refractivity contribution in [3.05, 3.63) is 78.7 Å². The van der Waals surface area contributed by atoms with Gasteiger partial charge in [0, 0.05) is 38.8 Å². The van der Waals surface area contributed by atoms with Gasteiger partial charge in [-0.15, -0.1) is 0 Å². The van der Waals surface area contributed by atoms with Crippen LogP contribution < -0.4 is 20.1 Å². The number of ether oxygens (including phenoxy) is 2. The number of amides is 2. The molecule has 7 nitrogen and oxygen atoms in total. The molecule has 0 aliphatic heterocycles.